The summed E-state index contributed by atoms with van der Waals surface area (Å²) in [6, 6.07) is 3.19. The van der Waals surface area contributed by atoms with Crippen LogP contribution in [0.25, 0.3) is 0 Å². The van der Waals surface area contributed by atoms with Gasteiger partial charge in [-0.3, -0.25) is 5.84 Å². The van der Waals surface area contributed by atoms with Crippen molar-refractivity contribution in [1.82, 2.24) is 0 Å². The number of nitrogens with two attached hydrogens (primary N) is 1. The molecule has 1 rings (SSSR count). The highest BCUT2D eigenvalue weighted by Gasteiger charge is 2.12. The Balaban J connectivity index is 3.08. The average Bonchev–Trinajstić information content (AvgIpc) is 2.05. The minimum Gasteiger partial charge on any atom is -0.324 e. The van der Waals surface area contributed by atoms with Crippen molar-refractivity contribution in [3.63, 3.8) is 0 Å². The largest absolute Gasteiger partial charge is 0.324 e. The van der Waals surface area contributed by atoms with Crippen molar-refractivity contribution in [3.8, 4) is 0 Å². The first-order valence-corrected chi connectivity index (χ1v) is 3.19. The molecule has 2 nitrogen and oxygen atoms in total. The normalized spacial score (nSPS) is 10.4. The van der Waals surface area contributed by atoms with Gasteiger partial charge in [-0.05, 0) is 18.2 Å². The molecule has 0 radical (unpaired) electrons. The Kier molecular flexibility index (Phi) is 2.54. The second kappa shape index (κ2) is 3.44. The van der Waals surface area contributed by atoms with Crippen molar-refractivity contribution in [2.75, 3.05) is 5.43 Å². The van der Waals surface area contributed by atoms with Gasteiger partial charge in [-0.15, -0.1) is 0 Å². The Morgan fingerprint density at radius 2 is 2.00 bits per heavy atom. The molecular formula is C7H7F3N2. The third-order valence-electron chi connectivity index (χ3n) is 1.40. The van der Waals surface area contributed by atoms with Crippen LogP contribution in [0, 0.1) is 5.82 Å². The van der Waals surface area contributed by atoms with Gasteiger partial charge in [-0.2, -0.15) is 0 Å². The van der Waals surface area contributed by atoms with Gasteiger partial charge >= 0.3 is 0 Å². The summed E-state index contributed by atoms with van der Waals surface area (Å²) in [5, 5.41) is 0. The van der Waals surface area contributed by atoms with Gasteiger partial charge in [0.1, 0.15) is 5.82 Å². The van der Waals surface area contributed by atoms with Crippen LogP contribution in [-0.4, -0.2) is 0 Å². The molecule has 1 aromatic carbocycles. The van der Waals surface area contributed by atoms with E-state index in [4.69, 9.17) is 5.84 Å². The molecule has 0 aliphatic rings. The molecule has 0 atom stereocenters. The highest BCUT2D eigenvalue weighted by atomic mass is 19.3. The third-order valence-corrected chi connectivity index (χ3v) is 1.40. The number of alkyl halides is 2. The van der Waals surface area contributed by atoms with E-state index in [0.717, 1.165) is 12.1 Å². The average molecular weight is 176 g/mol. The fourth-order valence-electron chi connectivity index (χ4n) is 0.801. The number of benzene rings is 1. The molecule has 0 heterocycles. The summed E-state index contributed by atoms with van der Waals surface area (Å²) in [5.74, 6) is 4.02. The molecule has 0 spiro atoms. The van der Waals surface area contributed by atoms with Crippen molar-refractivity contribution in [2.24, 2.45) is 5.84 Å². The number of nitrogen functional groups attached to an aromatic ring is 1. The predicted octanol–water partition coefficient (Wildman–Crippen LogP) is 2.05. The number of anilines is 1. The van der Waals surface area contributed by atoms with Crippen LogP contribution in [0.2, 0.25) is 0 Å². The molecule has 0 aromatic heterocycles. The van der Waals surface area contributed by atoms with E-state index in [1.54, 1.807) is 0 Å². The Bertz CT molecular complexity index is 275. The number of hydrogen-bond acceptors (Lipinski definition) is 2. The lowest BCUT2D eigenvalue weighted by molar-refractivity contribution is 0.146. The summed E-state index contributed by atoms with van der Waals surface area (Å²) in [6.07, 6.45) is -2.82. The van der Waals surface area contributed by atoms with E-state index in [9.17, 15) is 13.2 Å². The molecule has 0 saturated carbocycles. The highest BCUT2D eigenvalue weighted by molar-refractivity contribution is 5.45. The summed E-state index contributed by atoms with van der Waals surface area (Å²) < 4.78 is 36.7. The van der Waals surface area contributed by atoms with E-state index in [2.05, 4.69) is 5.43 Å². The van der Waals surface area contributed by atoms with Gasteiger partial charge in [0.25, 0.3) is 6.43 Å². The number of rotatable bonds is 2. The van der Waals surface area contributed by atoms with E-state index in [0.29, 0.717) is 0 Å². The van der Waals surface area contributed by atoms with Gasteiger partial charge in [0.15, 0.2) is 0 Å². The zero-order chi connectivity index (χ0) is 9.14. The van der Waals surface area contributed by atoms with Crippen molar-refractivity contribution in [1.29, 1.82) is 0 Å². The fraction of sp³-hybridized carbons (Fsp3) is 0.143. The van der Waals surface area contributed by atoms with Crippen LogP contribution in [0.3, 0.4) is 0 Å². The minimum atomic E-state index is -2.82. The van der Waals surface area contributed by atoms with Crippen molar-refractivity contribution in [3.05, 3.63) is 29.6 Å². The second-order valence-corrected chi connectivity index (χ2v) is 2.18. The molecular weight excluding hydrogens is 169 g/mol. The van der Waals surface area contributed by atoms with Crippen LogP contribution in [-0.2, 0) is 0 Å². The van der Waals surface area contributed by atoms with Crippen molar-refractivity contribution >= 4 is 5.69 Å². The molecule has 5 heteroatoms. The maximum atomic E-state index is 12.6. The molecule has 1 aromatic rings. The van der Waals surface area contributed by atoms with E-state index in [-0.39, 0.29) is 5.69 Å². The van der Waals surface area contributed by atoms with Crippen LogP contribution in [0.5, 0.6) is 0 Å². The lowest BCUT2D eigenvalue weighted by Crippen LogP contribution is -2.07. The number of hydrogen-bond donors (Lipinski definition) is 2. The van der Waals surface area contributed by atoms with Crippen LogP contribution in [0.1, 0.15) is 12.0 Å². The first-order valence-electron chi connectivity index (χ1n) is 3.19. The topological polar surface area (TPSA) is 38.0 Å². The molecule has 0 bridgehead atoms. The van der Waals surface area contributed by atoms with Crippen molar-refractivity contribution < 1.29 is 13.2 Å². The first-order chi connectivity index (χ1) is 5.65. The molecule has 0 aliphatic carbocycles. The summed E-state index contributed by atoms with van der Waals surface area (Å²) >= 11 is 0. The molecule has 66 valence electrons. The Labute approximate surface area is 67.2 Å². The lowest BCUT2D eigenvalue weighted by Gasteiger charge is -2.04. The highest BCUT2D eigenvalue weighted by Crippen LogP contribution is 2.24. The SMILES string of the molecule is NNc1ccc(F)c(C(F)F)c1. The maximum Gasteiger partial charge on any atom is 0.266 e. The van der Waals surface area contributed by atoms with Gasteiger partial charge in [-0.1, -0.05) is 0 Å². The fourth-order valence-corrected chi connectivity index (χ4v) is 0.801. The monoisotopic (exact) mass is 176 g/mol. The molecule has 12 heavy (non-hydrogen) atoms. The second-order valence-electron chi connectivity index (χ2n) is 2.18. The quantitative estimate of drug-likeness (QED) is 0.534. The predicted molar refractivity (Wildman–Crippen MR) is 39.2 cm³/mol. The molecule has 0 saturated heterocycles. The Morgan fingerprint density at radius 3 is 2.50 bits per heavy atom. The Hall–Kier alpha value is -1.23. The summed E-state index contributed by atoms with van der Waals surface area (Å²) in [6.45, 7) is 0. The first kappa shape index (κ1) is 8.86. The Morgan fingerprint density at radius 1 is 1.33 bits per heavy atom. The van der Waals surface area contributed by atoms with Crippen LogP contribution >= 0.6 is 0 Å². The summed E-state index contributed by atoms with van der Waals surface area (Å²) in [7, 11) is 0. The lowest BCUT2D eigenvalue weighted by atomic mass is 10.2. The molecule has 0 unspecified atom stereocenters. The van der Waals surface area contributed by atoms with E-state index in [1.165, 1.54) is 6.07 Å². The molecule has 3 N–H and O–H groups in total. The number of halogens is 3. The molecule has 0 amide bonds. The van der Waals surface area contributed by atoms with Crippen LogP contribution < -0.4 is 11.3 Å². The zero-order valence-electron chi connectivity index (χ0n) is 6.02. The number of hydrazine groups is 1. The van der Waals surface area contributed by atoms with Gasteiger partial charge in [0.2, 0.25) is 0 Å². The summed E-state index contributed by atoms with van der Waals surface area (Å²) in [4.78, 5) is 0. The number of nitrogens with one attached hydrogen (secondary N) is 1. The molecule has 0 aliphatic heterocycles. The van der Waals surface area contributed by atoms with E-state index >= 15 is 0 Å². The van der Waals surface area contributed by atoms with E-state index < -0.39 is 17.8 Å². The van der Waals surface area contributed by atoms with Crippen molar-refractivity contribution in [2.45, 2.75) is 6.43 Å². The standard InChI is InChI=1S/C7H7F3N2/c8-6-2-1-4(12-11)3-5(6)7(9)10/h1-3,7,12H,11H2. The van der Waals surface area contributed by atoms with Gasteiger partial charge in [-0.25, -0.2) is 13.2 Å². The smallest absolute Gasteiger partial charge is 0.266 e. The van der Waals surface area contributed by atoms with E-state index in [1.807, 2.05) is 0 Å². The zero-order valence-corrected chi connectivity index (χ0v) is 6.02. The minimum absolute atomic E-state index is 0.256. The van der Waals surface area contributed by atoms with Gasteiger partial charge < -0.3 is 5.43 Å². The maximum absolute atomic E-state index is 12.6. The van der Waals surface area contributed by atoms with Gasteiger partial charge in [0, 0.05) is 5.69 Å². The summed E-state index contributed by atoms with van der Waals surface area (Å²) in [5.41, 5.74) is 1.76. The third kappa shape index (κ3) is 1.68. The molecule has 0 fully saturated rings. The van der Waals surface area contributed by atoms with Gasteiger partial charge in [0.05, 0.1) is 5.56 Å². The van der Waals surface area contributed by atoms with Crippen LogP contribution in [0.4, 0.5) is 18.9 Å². The van der Waals surface area contributed by atoms with Crippen LogP contribution in [0.15, 0.2) is 18.2 Å².